The van der Waals surface area contributed by atoms with Crippen LogP contribution in [-0.2, 0) is 27.8 Å². The predicted molar refractivity (Wildman–Crippen MR) is 159 cm³/mol. The van der Waals surface area contributed by atoms with Gasteiger partial charge in [-0.15, -0.1) is 11.3 Å². The Morgan fingerprint density at radius 3 is 2.12 bits per heavy atom. The second kappa shape index (κ2) is 14.9. The number of fused-ring (bicyclic) bond motifs is 1. The van der Waals surface area contributed by atoms with Crippen LogP contribution in [0.25, 0.3) is 0 Å². The smallest absolute Gasteiger partial charge is 0.257 e. The van der Waals surface area contributed by atoms with Gasteiger partial charge in [0.1, 0.15) is 5.00 Å². The second-order valence-corrected chi connectivity index (χ2v) is 12.9. The van der Waals surface area contributed by atoms with Gasteiger partial charge in [-0.05, 0) is 49.1 Å². The Hall–Kier alpha value is -3.78. The number of carbonyl (C=O) groups excluding carboxylic acids is 3. The first-order chi connectivity index (χ1) is 20.1. The molecule has 42 heavy (non-hydrogen) atoms. The summed E-state index contributed by atoms with van der Waals surface area (Å²) in [5.41, 5.74) is 1.51. The van der Waals surface area contributed by atoms with Gasteiger partial charge in [0.15, 0.2) is 0 Å². The first-order valence-corrected chi connectivity index (χ1v) is 16.2. The summed E-state index contributed by atoms with van der Waals surface area (Å²) in [4.78, 5) is 43.5. The van der Waals surface area contributed by atoms with Crippen LogP contribution in [0, 0.1) is 22.7 Å². The van der Waals surface area contributed by atoms with Crippen LogP contribution in [0.3, 0.4) is 0 Å². The van der Waals surface area contributed by atoms with Crippen LogP contribution in [0.4, 0.5) is 5.00 Å². The Balaban J connectivity index is 1.92. The van der Waals surface area contributed by atoms with Gasteiger partial charge in [-0.3, -0.25) is 14.4 Å². The number of sulfonamides is 1. The van der Waals surface area contributed by atoms with E-state index in [1.165, 1.54) is 42.5 Å². The fourth-order valence-electron chi connectivity index (χ4n) is 4.80. The van der Waals surface area contributed by atoms with Crippen molar-refractivity contribution in [2.75, 3.05) is 38.0 Å². The molecule has 0 fully saturated rings. The Morgan fingerprint density at radius 1 is 1.00 bits per heavy atom. The summed E-state index contributed by atoms with van der Waals surface area (Å²) in [6.07, 6.45) is 2.05. The molecule has 13 heteroatoms. The van der Waals surface area contributed by atoms with Gasteiger partial charge < -0.3 is 15.1 Å². The van der Waals surface area contributed by atoms with E-state index in [9.17, 15) is 22.8 Å². The quantitative estimate of drug-likeness (QED) is 0.359. The first-order valence-electron chi connectivity index (χ1n) is 13.9. The fraction of sp³-hybridized carbons (Fsp3) is 0.483. The zero-order valence-electron chi connectivity index (χ0n) is 24.2. The van der Waals surface area contributed by atoms with Crippen molar-refractivity contribution < 1.29 is 22.8 Å². The molecule has 1 aromatic heterocycles. The number of anilines is 1. The molecule has 2 heterocycles. The molecule has 224 valence electrons. The van der Waals surface area contributed by atoms with E-state index in [-0.39, 0.29) is 48.2 Å². The highest BCUT2D eigenvalue weighted by atomic mass is 32.2. The van der Waals surface area contributed by atoms with E-state index in [0.717, 1.165) is 27.6 Å². The lowest BCUT2D eigenvalue weighted by molar-refractivity contribution is -0.129. The summed E-state index contributed by atoms with van der Waals surface area (Å²) in [6.45, 7) is 7.45. The molecule has 1 aliphatic heterocycles. The normalized spacial score (nSPS) is 12.8. The maximum absolute atomic E-state index is 13.8. The first kappa shape index (κ1) is 32.7. The van der Waals surface area contributed by atoms with Gasteiger partial charge in [0.25, 0.3) is 11.8 Å². The lowest BCUT2D eigenvalue weighted by Gasteiger charge is -2.27. The number of carbonyl (C=O) groups is 3. The third-order valence-electron chi connectivity index (χ3n) is 6.92. The molecule has 11 nitrogen and oxygen atoms in total. The number of nitrogens with one attached hydrogen (secondary N) is 1. The van der Waals surface area contributed by atoms with E-state index in [1.807, 2.05) is 26.0 Å². The molecule has 1 N–H and O–H groups in total. The van der Waals surface area contributed by atoms with Crippen LogP contribution in [-0.4, -0.2) is 73.0 Å². The molecule has 0 aliphatic carbocycles. The average Bonchev–Trinajstić information content (AvgIpc) is 3.33. The molecule has 3 amide bonds. The lowest BCUT2D eigenvalue weighted by Crippen LogP contribution is -2.36. The van der Waals surface area contributed by atoms with Gasteiger partial charge in [-0.1, -0.05) is 13.8 Å². The molecule has 0 spiro atoms. The molecule has 0 radical (unpaired) electrons. The number of nitrogens with zero attached hydrogens (tertiary/aromatic N) is 5. The largest absolute Gasteiger partial charge is 0.339 e. The van der Waals surface area contributed by atoms with Crippen LogP contribution < -0.4 is 5.32 Å². The van der Waals surface area contributed by atoms with Crippen molar-refractivity contribution in [3.05, 3.63) is 45.8 Å². The minimum Gasteiger partial charge on any atom is -0.339 e. The molecule has 1 aliphatic rings. The minimum atomic E-state index is -3.98. The second-order valence-electron chi connectivity index (χ2n) is 9.89. The molecule has 3 rings (SSSR count). The zero-order chi connectivity index (χ0) is 30.9. The third kappa shape index (κ3) is 7.53. The van der Waals surface area contributed by atoms with E-state index in [4.69, 9.17) is 10.5 Å². The molecule has 2 aromatic rings. The maximum atomic E-state index is 13.8. The molecule has 0 atom stereocenters. The van der Waals surface area contributed by atoms with Crippen LogP contribution in [0.5, 0.6) is 0 Å². The monoisotopic (exact) mass is 612 g/mol. The Labute approximate surface area is 251 Å². The number of benzene rings is 1. The Bertz CT molecular complexity index is 1460. The molecule has 1 aromatic carbocycles. The van der Waals surface area contributed by atoms with Crippen LogP contribution >= 0.6 is 11.3 Å². The van der Waals surface area contributed by atoms with Crippen molar-refractivity contribution in [1.82, 2.24) is 14.1 Å². The standard InChI is InChI=1S/C29H36N6O5S2/c1-4-15-33(16-5-2)29(38)26-24-12-19-34(21(3)36)20-25(24)41-28(26)32-27(37)22-8-10-23(11-9-22)42(39,40)35(17-6-13-30)18-7-14-31/h8-11H,4-7,12,15-20H2,1-3H3,(H,32,37). The van der Waals surface area contributed by atoms with E-state index >= 15 is 0 Å². The lowest BCUT2D eigenvalue weighted by atomic mass is 10.0. The van der Waals surface area contributed by atoms with Crippen LogP contribution in [0.1, 0.15) is 77.6 Å². The van der Waals surface area contributed by atoms with E-state index in [1.54, 1.807) is 9.80 Å². The Morgan fingerprint density at radius 2 is 1.60 bits per heavy atom. The summed E-state index contributed by atoms with van der Waals surface area (Å²) < 4.78 is 27.4. The molecule has 0 bridgehead atoms. The predicted octanol–water partition coefficient (Wildman–Crippen LogP) is 3.99. The van der Waals surface area contributed by atoms with Gasteiger partial charge in [-0.25, -0.2) is 8.42 Å². The number of nitriles is 2. The molecular weight excluding hydrogens is 576 g/mol. The number of rotatable bonds is 13. The summed E-state index contributed by atoms with van der Waals surface area (Å²) in [5.74, 6) is -0.711. The van der Waals surface area contributed by atoms with Gasteiger partial charge in [0.05, 0.1) is 29.1 Å². The Kier molecular flexibility index (Phi) is 11.6. The van der Waals surface area contributed by atoms with Gasteiger partial charge in [-0.2, -0.15) is 14.8 Å². The van der Waals surface area contributed by atoms with E-state index in [2.05, 4.69) is 5.32 Å². The number of amides is 3. The highest BCUT2D eigenvalue weighted by Gasteiger charge is 2.32. The van der Waals surface area contributed by atoms with E-state index in [0.29, 0.717) is 43.2 Å². The number of hydrogen-bond donors (Lipinski definition) is 1. The maximum Gasteiger partial charge on any atom is 0.257 e. The summed E-state index contributed by atoms with van der Waals surface area (Å²) >= 11 is 1.29. The van der Waals surface area contributed by atoms with Crippen LogP contribution in [0.2, 0.25) is 0 Å². The molecule has 0 saturated heterocycles. The minimum absolute atomic E-state index is 0.0187. The van der Waals surface area contributed by atoms with Crippen molar-refractivity contribution in [2.24, 2.45) is 0 Å². The van der Waals surface area contributed by atoms with Gasteiger partial charge in [0, 0.05) is 62.9 Å². The van der Waals surface area contributed by atoms with E-state index < -0.39 is 15.9 Å². The number of thiophene rings is 1. The summed E-state index contributed by atoms with van der Waals surface area (Å²) in [5, 5.41) is 21.1. The highest BCUT2D eigenvalue weighted by Crippen LogP contribution is 2.38. The fourth-order valence-corrected chi connectivity index (χ4v) is 7.50. The number of hydrogen-bond acceptors (Lipinski definition) is 8. The molecule has 0 unspecified atom stereocenters. The summed E-state index contributed by atoms with van der Waals surface area (Å²) in [6, 6.07) is 9.25. The van der Waals surface area contributed by atoms with Crippen LogP contribution in [0.15, 0.2) is 29.2 Å². The third-order valence-corrected chi connectivity index (χ3v) is 9.96. The molecule has 0 saturated carbocycles. The highest BCUT2D eigenvalue weighted by molar-refractivity contribution is 7.89. The van der Waals surface area contributed by atoms with Crippen molar-refractivity contribution in [2.45, 2.75) is 64.3 Å². The van der Waals surface area contributed by atoms with Crippen molar-refractivity contribution in [1.29, 1.82) is 10.5 Å². The summed E-state index contributed by atoms with van der Waals surface area (Å²) in [7, 11) is -3.98. The molecular formula is C29H36N6O5S2. The van der Waals surface area contributed by atoms with Crippen molar-refractivity contribution in [3.8, 4) is 12.1 Å². The van der Waals surface area contributed by atoms with Gasteiger partial charge >= 0.3 is 0 Å². The SMILES string of the molecule is CCCN(CCC)C(=O)c1c(NC(=O)c2ccc(S(=O)(=O)N(CCC#N)CCC#N)cc2)sc2c1CCN(C(C)=O)C2. The zero-order valence-corrected chi connectivity index (χ0v) is 25.8. The topological polar surface area (TPSA) is 155 Å². The van der Waals surface area contributed by atoms with Crippen molar-refractivity contribution >= 4 is 44.1 Å². The van der Waals surface area contributed by atoms with Crippen molar-refractivity contribution in [3.63, 3.8) is 0 Å². The average molecular weight is 613 g/mol. The van der Waals surface area contributed by atoms with Gasteiger partial charge in [0.2, 0.25) is 15.9 Å².